The fourth-order valence-corrected chi connectivity index (χ4v) is 6.65. The van der Waals surface area contributed by atoms with Crippen molar-refractivity contribution in [3.63, 3.8) is 0 Å². The molecule has 2 amide bonds. The molecular weight excluding hydrogens is 466 g/mol. The van der Waals surface area contributed by atoms with Gasteiger partial charge in [0.2, 0.25) is 0 Å². The van der Waals surface area contributed by atoms with Gasteiger partial charge in [0.05, 0.1) is 0 Å². The van der Waals surface area contributed by atoms with Gasteiger partial charge in [-0.3, -0.25) is 0 Å². The van der Waals surface area contributed by atoms with Gasteiger partial charge in [-0.2, -0.15) is 0 Å². The van der Waals surface area contributed by atoms with E-state index in [0.29, 0.717) is 11.4 Å². The van der Waals surface area contributed by atoms with Gasteiger partial charge in [-0.15, -0.1) is 0 Å². The van der Waals surface area contributed by atoms with Gasteiger partial charge >= 0.3 is 166 Å². The molecule has 0 saturated heterocycles. The summed E-state index contributed by atoms with van der Waals surface area (Å²) >= 11 is -0.224. The van der Waals surface area contributed by atoms with E-state index in [1.807, 2.05) is 38.0 Å². The van der Waals surface area contributed by atoms with E-state index in [-0.39, 0.29) is 40.8 Å². The van der Waals surface area contributed by atoms with Crippen molar-refractivity contribution in [1.29, 1.82) is 0 Å². The van der Waals surface area contributed by atoms with Gasteiger partial charge in [0.25, 0.3) is 0 Å². The molecule has 2 aromatic rings. The van der Waals surface area contributed by atoms with E-state index in [0.717, 1.165) is 18.3 Å². The normalized spacial score (nSPS) is 10.6. The van der Waals surface area contributed by atoms with Crippen LogP contribution in [-0.4, -0.2) is 117 Å². The number of nitrogens with zero attached hydrogens (tertiary/aromatic N) is 6. The van der Waals surface area contributed by atoms with Gasteiger partial charge in [-0.25, -0.2) is 0 Å². The average Bonchev–Trinajstić information content (AvgIpc) is 3.17. The molecule has 2 rings (SSSR count). The molecular formula is C16H24N6O2Se2. The summed E-state index contributed by atoms with van der Waals surface area (Å²) in [6, 6.07) is 0. The van der Waals surface area contributed by atoms with E-state index in [4.69, 9.17) is 0 Å². The summed E-state index contributed by atoms with van der Waals surface area (Å²) in [5.74, 6) is -0.218. The molecule has 0 bridgehead atoms. The van der Waals surface area contributed by atoms with Gasteiger partial charge < -0.3 is 0 Å². The monoisotopic (exact) mass is 492 g/mol. The van der Waals surface area contributed by atoms with Crippen LogP contribution in [0, 0.1) is 0 Å². The molecule has 0 spiro atoms. The second-order valence-corrected chi connectivity index (χ2v) is 10.6. The Bertz CT molecular complexity index is 755. The summed E-state index contributed by atoms with van der Waals surface area (Å²) in [5.41, 5.74) is 0.958. The Morgan fingerprint density at radius 1 is 0.654 bits per heavy atom. The Morgan fingerprint density at radius 3 is 1.19 bits per heavy atom. The molecule has 0 aliphatic carbocycles. The maximum atomic E-state index is 12.5. The van der Waals surface area contributed by atoms with Gasteiger partial charge in [0.1, 0.15) is 0 Å². The summed E-state index contributed by atoms with van der Waals surface area (Å²) in [6.45, 7) is 0. The van der Waals surface area contributed by atoms with E-state index < -0.39 is 0 Å². The van der Waals surface area contributed by atoms with Gasteiger partial charge in [0, 0.05) is 0 Å². The molecule has 0 atom stereocenters. The van der Waals surface area contributed by atoms with Crippen LogP contribution < -0.4 is 9.80 Å². The topological polar surface area (TPSA) is 72.9 Å². The first-order valence-corrected chi connectivity index (χ1v) is 11.3. The van der Waals surface area contributed by atoms with Crippen LogP contribution in [0.25, 0.3) is 9.14 Å². The van der Waals surface area contributed by atoms with Crippen molar-refractivity contribution in [2.24, 2.45) is 0 Å². The van der Waals surface area contributed by atoms with E-state index in [9.17, 15) is 9.59 Å². The Hall–Kier alpha value is -1.60. The predicted molar refractivity (Wildman–Crippen MR) is 106 cm³/mol. The molecule has 26 heavy (non-hydrogen) atoms. The summed E-state index contributed by atoms with van der Waals surface area (Å²) in [5, 5.41) is 0. The first-order chi connectivity index (χ1) is 12.0. The van der Waals surface area contributed by atoms with E-state index >= 15 is 0 Å². The molecule has 2 heterocycles. The third kappa shape index (κ3) is 4.04. The minimum atomic E-state index is -0.112. The van der Waals surface area contributed by atoms with Crippen LogP contribution in [0.5, 0.6) is 0 Å². The molecule has 0 aromatic carbocycles. The Kier molecular flexibility index (Phi) is 6.34. The van der Waals surface area contributed by atoms with Crippen LogP contribution >= 0.6 is 0 Å². The number of rotatable bonds is 5. The third-order valence-electron chi connectivity index (χ3n) is 3.43. The Labute approximate surface area is 165 Å². The number of anilines is 2. The zero-order chi connectivity index (χ0) is 19.8. The predicted octanol–water partition coefficient (Wildman–Crippen LogP) is -0.207. The first kappa shape index (κ1) is 20.7. The van der Waals surface area contributed by atoms with Crippen molar-refractivity contribution in [3.05, 3.63) is 11.4 Å². The molecule has 10 heteroatoms. The quantitative estimate of drug-likeness (QED) is 0.541. The first-order valence-electron chi connectivity index (χ1n) is 7.84. The third-order valence-corrected chi connectivity index (χ3v) is 9.25. The van der Waals surface area contributed by atoms with Gasteiger partial charge in [-0.05, 0) is 0 Å². The van der Waals surface area contributed by atoms with E-state index in [2.05, 4.69) is 9.97 Å². The van der Waals surface area contributed by atoms with Crippen molar-refractivity contribution in [3.8, 4) is 9.14 Å². The zero-order valence-corrected chi connectivity index (χ0v) is 19.7. The van der Waals surface area contributed by atoms with Crippen LogP contribution in [0.3, 0.4) is 0 Å². The maximum absolute atomic E-state index is 12.5. The summed E-state index contributed by atoms with van der Waals surface area (Å²) in [7, 11) is 14.6. The number of aromatic nitrogens is 2. The molecule has 0 fully saturated rings. The van der Waals surface area contributed by atoms with Gasteiger partial charge in [-0.1, -0.05) is 0 Å². The van der Waals surface area contributed by atoms with Crippen molar-refractivity contribution >= 4 is 49.9 Å². The molecule has 0 N–H and O–H groups in total. The SMILES string of the molecule is CN(C)C(=O)c1nc(-c2nc(C(=O)N(C)C)c(N(C)C)[se]2)[se]c1N(C)C. The standard InChI is InChI=1S/C16H24N6O2Se2/c1-19(2)13(23)9-15(21(5)6)25-11(17-9)12-18-10(14(24)20(3)4)16(26-12)22(7)8/h1-8H3. The fraction of sp³-hybridized carbons (Fsp3) is 0.500. The molecule has 0 saturated carbocycles. The number of hydrogen-bond acceptors (Lipinski definition) is 6. The van der Waals surface area contributed by atoms with Crippen LogP contribution in [0.15, 0.2) is 0 Å². The number of amides is 2. The molecule has 0 radical (unpaired) electrons. The number of hydrogen-bond donors (Lipinski definition) is 0. The average molecular weight is 490 g/mol. The summed E-state index contributed by atoms with van der Waals surface area (Å²) in [4.78, 5) is 41.2. The zero-order valence-electron chi connectivity index (χ0n) is 16.3. The van der Waals surface area contributed by atoms with Crippen LogP contribution in [-0.2, 0) is 0 Å². The molecule has 0 aliphatic heterocycles. The molecule has 0 aliphatic rings. The van der Waals surface area contributed by atoms with Crippen molar-refractivity contribution in [2.75, 3.05) is 66.2 Å². The van der Waals surface area contributed by atoms with Gasteiger partial charge in [0.15, 0.2) is 0 Å². The molecule has 0 unspecified atom stereocenters. The van der Waals surface area contributed by atoms with Crippen molar-refractivity contribution in [1.82, 2.24) is 19.8 Å². The Morgan fingerprint density at radius 2 is 0.962 bits per heavy atom. The molecule has 2 aromatic heterocycles. The van der Waals surface area contributed by atoms with Crippen LogP contribution in [0.2, 0.25) is 0 Å². The molecule has 8 nitrogen and oxygen atoms in total. The van der Waals surface area contributed by atoms with Crippen molar-refractivity contribution < 1.29 is 9.59 Å². The Balaban J connectivity index is 2.58. The number of carbonyl (C=O) groups is 2. The fourth-order valence-electron chi connectivity index (χ4n) is 2.12. The molecule has 142 valence electrons. The summed E-state index contributed by atoms with van der Waals surface area (Å²) in [6.07, 6.45) is 0. The van der Waals surface area contributed by atoms with Crippen LogP contribution in [0.4, 0.5) is 9.12 Å². The van der Waals surface area contributed by atoms with E-state index in [1.165, 1.54) is 9.80 Å². The van der Waals surface area contributed by atoms with Crippen LogP contribution in [0.1, 0.15) is 21.0 Å². The van der Waals surface area contributed by atoms with Crippen molar-refractivity contribution in [2.45, 2.75) is 0 Å². The minimum absolute atomic E-state index is 0.109. The summed E-state index contributed by atoms with van der Waals surface area (Å²) < 4.78 is 3.55. The number of carbonyl (C=O) groups excluding carboxylic acids is 2. The second kappa shape index (κ2) is 7.96. The van der Waals surface area contributed by atoms with E-state index in [1.54, 1.807) is 28.2 Å². The second-order valence-electron chi connectivity index (χ2n) is 6.53.